The molecule has 0 aliphatic carbocycles. The first-order valence-corrected chi connectivity index (χ1v) is 13.5. The number of rotatable bonds is 9. The van der Waals surface area contributed by atoms with Gasteiger partial charge in [0.2, 0.25) is 10.0 Å². The predicted molar refractivity (Wildman–Crippen MR) is 144 cm³/mol. The van der Waals surface area contributed by atoms with Crippen LogP contribution in [0.2, 0.25) is 0 Å². The number of pyridine rings is 1. The van der Waals surface area contributed by atoms with E-state index >= 15 is 0 Å². The SMILES string of the molecule is O=S(=O)(NCCO)c1cccc(-c2nc(CCc3ccccn3)c3c(-c4ccccc4)cccc3n2)c1. The fourth-order valence-corrected chi connectivity index (χ4v) is 5.35. The van der Waals surface area contributed by atoms with Gasteiger partial charge in [-0.25, -0.2) is 23.1 Å². The van der Waals surface area contributed by atoms with Crippen LogP contribution in [0.4, 0.5) is 0 Å². The molecule has 8 heteroatoms. The lowest BCUT2D eigenvalue weighted by molar-refractivity contribution is 0.301. The molecular formula is C29H26N4O3S. The standard InChI is InChI=1S/C29H26N4O3S/c34-19-18-31-37(35,36)24-12-6-10-22(20-24)29-32-26-14-7-13-25(21-8-2-1-3-9-21)28(26)27(33-29)16-15-23-11-4-5-17-30-23/h1-14,17,20,31,34H,15-16,18-19H2. The number of hydrogen-bond donors (Lipinski definition) is 2. The number of hydrogen-bond acceptors (Lipinski definition) is 6. The van der Waals surface area contributed by atoms with E-state index in [-0.39, 0.29) is 18.0 Å². The summed E-state index contributed by atoms with van der Waals surface area (Å²) in [6.07, 6.45) is 3.13. The van der Waals surface area contributed by atoms with Crippen LogP contribution in [0.3, 0.4) is 0 Å². The Morgan fingerprint density at radius 3 is 2.35 bits per heavy atom. The van der Waals surface area contributed by atoms with Crippen molar-refractivity contribution in [2.24, 2.45) is 0 Å². The summed E-state index contributed by atoms with van der Waals surface area (Å²) in [6.45, 7) is -0.338. The molecule has 0 bridgehead atoms. The molecule has 186 valence electrons. The summed E-state index contributed by atoms with van der Waals surface area (Å²) in [6, 6.07) is 28.6. The van der Waals surface area contributed by atoms with E-state index in [2.05, 4.69) is 27.9 Å². The van der Waals surface area contributed by atoms with Crippen LogP contribution in [0.15, 0.2) is 102 Å². The van der Waals surface area contributed by atoms with Gasteiger partial charge in [0.05, 0.1) is 22.7 Å². The van der Waals surface area contributed by atoms with Gasteiger partial charge in [0, 0.05) is 29.4 Å². The van der Waals surface area contributed by atoms with E-state index in [0.717, 1.165) is 33.4 Å². The summed E-state index contributed by atoms with van der Waals surface area (Å²) in [4.78, 5) is 14.4. The zero-order valence-electron chi connectivity index (χ0n) is 20.1. The molecule has 0 atom stereocenters. The number of nitrogens with zero attached hydrogens (tertiary/aromatic N) is 3. The monoisotopic (exact) mass is 510 g/mol. The zero-order valence-corrected chi connectivity index (χ0v) is 20.9. The molecule has 2 aromatic heterocycles. The molecule has 0 radical (unpaired) electrons. The second-order valence-electron chi connectivity index (χ2n) is 8.53. The smallest absolute Gasteiger partial charge is 0.240 e. The lowest BCUT2D eigenvalue weighted by atomic mass is 9.97. The fraction of sp³-hybridized carbons (Fsp3) is 0.138. The summed E-state index contributed by atoms with van der Waals surface area (Å²) < 4.78 is 27.7. The summed E-state index contributed by atoms with van der Waals surface area (Å²) in [5, 5.41) is 10.0. The Morgan fingerprint density at radius 2 is 1.57 bits per heavy atom. The summed E-state index contributed by atoms with van der Waals surface area (Å²) in [5.74, 6) is 0.452. The van der Waals surface area contributed by atoms with Crippen LogP contribution in [0, 0.1) is 0 Å². The van der Waals surface area contributed by atoms with Crippen LogP contribution >= 0.6 is 0 Å². The Hall–Kier alpha value is -3.98. The molecule has 0 amide bonds. The third kappa shape index (κ3) is 5.56. The Morgan fingerprint density at radius 1 is 0.784 bits per heavy atom. The second kappa shape index (κ2) is 11.0. The van der Waals surface area contributed by atoms with Gasteiger partial charge in [-0.2, -0.15) is 0 Å². The fourth-order valence-electron chi connectivity index (χ4n) is 4.29. The van der Waals surface area contributed by atoms with Gasteiger partial charge in [0.1, 0.15) is 0 Å². The Kier molecular flexibility index (Phi) is 7.32. The quantitative estimate of drug-likeness (QED) is 0.304. The number of sulfonamides is 1. The molecule has 0 fully saturated rings. The molecule has 5 rings (SSSR count). The highest BCUT2D eigenvalue weighted by molar-refractivity contribution is 7.89. The third-order valence-corrected chi connectivity index (χ3v) is 7.49. The number of fused-ring (bicyclic) bond motifs is 1. The number of aryl methyl sites for hydroxylation is 2. The highest BCUT2D eigenvalue weighted by Gasteiger charge is 2.17. The van der Waals surface area contributed by atoms with Crippen LogP contribution in [0.25, 0.3) is 33.4 Å². The van der Waals surface area contributed by atoms with Gasteiger partial charge < -0.3 is 5.11 Å². The van der Waals surface area contributed by atoms with Gasteiger partial charge in [-0.15, -0.1) is 0 Å². The van der Waals surface area contributed by atoms with E-state index in [4.69, 9.17) is 15.1 Å². The lowest BCUT2D eigenvalue weighted by Gasteiger charge is -2.14. The van der Waals surface area contributed by atoms with Crippen molar-refractivity contribution in [3.63, 3.8) is 0 Å². The van der Waals surface area contributed by atoms with E-state index < -0.39 is 10.0 Å². The Bertz CT molecular complexity index is 1630. The number of aromatic nitrogens is 3. The largest absolute Gasteiger partial charge is 0.395 e. The molecule has 0 aliphatic rings. The summed E-state index contributed by atoms with van der Waals surface area (Å²) in [5.41, 5.74) is 5.34. The first-order valence-electron chi connectivity index (χ1n) is 12.0. The molecule has 0 unspecified atom stereocenters. The Balaban J connectivity index is 1.64. The van der Waals surface area contributed by atoms with Gasteiger partial charge in [0.15, 0.2) is 5.82 Å². The van der Waals surface area contributed by atoms with Crippen molar-refractivity contribution in [3.8, 4) is 22.5 Å². The van der Waals surface area contributed by atoms with Crippen LogP contribution in [-0.2, 0) is 22.9 Å². The number of nitrogens with one attached hydrogen (secondary N) is 1. The summed E-state index contributed by atoms with van der Waals surface area (Å²) >= 11 is 0. The van der Waals surface area contributed by atoms with E-state index in [1.165, 1.54) is 6.07 Å². The molecule has 0 aliphatic heterocycles. The highest BCUT2D eigenvalue weighted by Crippen LogP contribution is 2.32. The van der Waals surface area contributed by atoms with E-state index in [0.29, 0.717) is 24.2 Å². The van der Waals surface area contributed by atoms with Crippen molar-refractivity contribution in [1.82, 2.24) is 19.7 Å². The van der Waals surface area contributed by atoms with E-state index in [1.54, 1.807) is 24.4 Å². The molecule has 7 nitrogen and oxygen atoms in total. The average molecular weight is 511 g/mol. The van der Waals surface area contributed by atoms with E-state index in [9.17, 15) is 8.42 Å². The molecule has 2 heterocycles. The first-order chi connectivity index (χ1) is 18.0. The molecule has 3 aromatic carbocycles. The van der Waals surface area contributed by atoms with Gasteiger partial charge >= 0.3 is 0 Å². The minimum Gasteiger partial charge on any atom is -0.395 e. The minimum atomic E-state index is -3.77. The molecule has 0 saturated carbocycles. The number of benzene rings is 3. The normalized spacial score (nSPS) is 11.6. The second-order valence-corrected chi connectivity index (χ2v) is 10.3. The first kappa shape index (κ1) is 24.7. The van der Waals surface area contributed by atoms with Crippen molar-refractivity contribution in [2.75, 3.05) is 13.2 Å². The minimum absolute atomic E-state index is 0.0566. The maximum Gasteiger partial charge on any atom is 0.240 e. The number of aliphatic hydroxyl groups excluding tert-OH is 1. The molecular weight excluding hydrogens is 484 g/mol. The van der Waals surface area contributed by atoms with Gasteiger partial charge in [0.25, 0.3) is 0 Å². The average Bonchev–Trinajstić information content (AvgIpc) is 2.95. The number of aliphatic hydroxyl groups is 1. The molecule has 0 saturated heterocycles. The topological polar surface area (TPSA) is 105 Å². The van der Waals surface area contributed by atoms with Crippen LogP contribution in [-0.4, -0.2) is 41.6 Å². The Labute approximate surface area is 216 Å². The lowest BCUT2D eigenvalue weighted by Crippen LogP contribution is -2.26. The molecule has 5 aromatic rings. The van der Waals surface area contributed by atoms with Crippen LogP contribution < -0.4 is 4.72 Å². The third-order valence-electron chi connectivity index (χ3n) is 6.03. The summed E-state index contributed by atoms with van der Waals surface area (Å²) in [7, 11) is -3.77. The van der Waals surface area contributed by atoms with E-state index in [1.807, 2.05) is 48.5 Å². The van der Waals surface area contributed by atoms with Crippen molar-refractivity contribution < 1.29 is 13.5 Å². The van der Waals surface area contributed by atoms with Crippen molar-refractivity contribution in [2.45, 2.75) is 17.7 Å². The van der Waals surface area contributed by atoms with Crippen molar-refractivity contribution >= 4 is 20.9 Å². The van der Waals surface area contributed by atoms with Crippen molar-refractivity contribution in [3.05, 3.63) is 109 Å². The van der Waals surface area contributed by atoms with Gasteiger partial charge in [-0.1, -0.05) is 60.7 Å². The zero-order chi connectivity index (χ0) is 25.7. The van der Waals surface area contributed by atoms with Crippen molar-refractivity contribution in [1.29, 1.82) is 0 Å². The maximum atomic E-state index is 12.6. The van der Waals surface area contributed by atoms with Gasteiger partial charge in [-0.05, 0) is 54.3 Å². The maximum absolute atomic E-state index is 12.6. The molecule has 37 heavy (non-hydrogen) atoms. The van der Waals surface area contributed by atoms with Crippen LogP contribution in [0.1, 0.15) is 11.4 Å². The van der Waals surface area contributed by atoms with Crippen LogP contribution in [0.5, 0.6) is 0 Å². The molecule has 2 N–H and O–H groups in total. The predicted octanol–water partition coefficient (Wildman–Crippen LogP) is 4.41. The molecule has 0 spiro atoms. The highest BCUT2D eigenvalue weighted by atomic mass is 32.2. The van der Waals surface area contributed by atoms with Gasteiger partial charge in [-0.3, -0.25) is 4.98 Å².